The lowest BCUT2D eigenvalue weighted by Crippen LogP contribution is -2.29. The summed E-state index contributed by atoms with van der Waals surface area (Å²) in [5.74, 6) is -0.309. The summed E-state index contributed by atoms with van der Waals surface area (Å²) in [6, 6.07) is 27.5. The lowest BCUT2D eigenvalue weighted by molar-refractivity contribution is -0.132. The minimum atomic E-state index is -0.881. The first-order valence-corrected chi connectivity index (χ1v) is 14.9. The number of thiazole rings is 1. The van der Waals surface area contributed by atoms with Crippen LogP contribution < -0.4 is 14.4 Å². The molecule has 4 aromatic carbocycles. The normalized spacial score (nSPS) is 19.1. The van der Waals surface area contributed by atoms with Crippen LogP contribution in [-0.4, -0.2) is 27.9 Å². The zero-order valence-electron chi connectivity index (χ0n) is 23.6. The van der Waals surface area contributed by atoms with Crippen LogP contribution in [0.5, 0.6) is 11.5 Å². The molecule has 2 atom stereocenters. The van der Waals surface area contributed by atoms with Crippen molar-refractivity contribution < 1.29 is 24.2 Å². The minimum Gasteiger partial charge on any atom is -0.507 e. The summed E-state index contributed by atoms with van der Waals surface area (Å²) in [4.78, 5) is 33.5. The summed E-state index contributed by atoms with van der Waals surface area (Å²) in [5.41, 5.74) is 4.93. The van der Waals surface area contributed by atoms with Gasteiger partial charge in [0.2, 0.25) is 0 Å². The highest BCUT2D eigenvalue weighted by Crippen LogP contribution is 2.45. The van der Waals surface area contributed by atoms with E-state index in [1.807, 2.05) is 92.7 Å². The third kappa shape index (κ3) is 4.93. The molecule has 43 heavy (non-hydrogen) atoms. The van der Waals surface area contributed by atoms with Crippen LogP contribution in [0.4, 0.5) is 5.13 Å². The average Bonchev–Trinajstić information content (AvgIpc) is 3.68. The third-order valence-electron chi connectivity index (χ3n) is 7.80. The van der Waals surface area contributed by atoms with E-state index in [0.29, 0.717) is 35.0 Å². The molecule has 5 aromatic rings. The largest absolute Gasteiger partial charge is 0.507 e. The SMILES string of the molecule is Cc1ccc2nc(N3C(=O)C(=O)/C(=C(/O)c4ccc5c(c4)CC(C)O5)C3c3ccc(OCc4ccccc4)cc3)sc2c1. The van der Waals surface area contributed by atoms with Crippen LogP contribution in [-0.2, 0) is 22.6 Å². The number of benzene rings is 4. The molecule has 214 valence electrons. The molecule has 1 aromatic heterocycles. The number of aliphatic hydroxyl groups excluding tert-OH is 1. The first kappa shape index (κ1) is 26.9. The molecule has 0 radical (unpaired) electrons. The quantitative estimate of drug-likeness (QED) is 0.129. The van der Waals surface area contributed by atoms with Crippen molar-refractivity contribution in [2.75, 3.05) is 4.90 Å². The van der Waals surface area contributed by atoms with Gasteiger partial charge in [0.25, 0.3) is 5.78 Å². The Hall–Kier alpha value is -4.95. The molecule has 1 N–H and O–H groups in total. The van der Waals surface area contributed by atoms with Crippen molar-refractivity contribution >= 4 is 44.1 Å². The van der Waals surface area contributed by atoms with Crippen molar-refractivity contribution in [1.82, 2.24) is 4.98 Å². The predicted octanol–water partition coefficient (Wildman–Crippen LogP) is 7.13. The summed E-state index contributed by atoms with van der Waals surface area (Å²) in [7, 11) is 0. The first-order valence-electron chi connectivity index (χ1n) is 14.1. The van der Waals surface area contributed by atoms with E-state index in [2.05, 4.69) is 0 Å². The van der Waals surface area contributed by atoms with Gasteiger partial charge in [0, 0.05) is 12.0 Å². The van der Waals surface area contributed by atoms with E-state index in [0.717, 1.165) is 32.7 Å². The van der Waals surface area contributed by atoms with Gasteiger partial charge in [-0.3, -0.25) is 14.5 Å². The molecule has 0 saturated carbocycles. The second-order valence-electron chi connectivity index (χ2n) is 10.9. The van der Waals surface area contributed by atoms with Gasteiger partial charge >= 0.3 is 5.91 Å². The topological polar surface area (TPSA) is 89.0 Å². The molecule has 0 bridgehead atoms. The zero-order chi connectivity index (χ0) is 29.7. The van der Waals surface area contributed by atoms with E-state index < -0.39 is 17.7 Å². The first-order chi connectivity index (χ1) is 20.9. The zero-order valence-corrected chi connectivity index (χ0v) is 24.4. The summed E-state index contributed by atoms with van der Waals surface area (Å²) in [6.07, 6.45) is 0.729. The van der Waals surface area contributed by atoms with Gasteiger partial charge in [-0.1, -0.05) is 59.9 Å². The fourth-order valence-electron chi connectivity index (χ4n) is 5.68. The van der Waals surface area contributed by atoms with Gasteiger partial charge in [-0.2, -0.15) is 0 Å². The number of carbonyl (C=O) groups excluding carboxylic acids is 2. The monoisotopic (exact) mass is 588 g/mol. The molecular formula is C35H28N2O5S. The highest BCUT2D eigenvalue weighted by molar-refractivity contribution is 7.22. The van der Waals surface area contributed by atoms with Crippen LogP contribution in [0.1, 0.15) is 40.8 Å². The van der Waals surface area contributed by atoms with Gasteiger partial charge in [0.05, 0.1) is 21.8 Å². The van der Waals surface area contributed by atoms with Crippen LogP contribution in [0, 0.1) is 6.92 Å². The van der Waals surface area contributed by atoms with Gasteiger partial charge < -0.3 is 14.6 Å². The molecule has 2 unspecified atom stereocenters. The van der Waals surface area contributed by atoms with E-state index in [1.165, 1.54) is 16.2 Å². The molecule has 7 nitrogen and oxygen atoms in total. The number of hydrogen-bond acceptors (Lipinski definition) is 7. The molecule has 8 heteroatoms. The second-order valence-corrected chi connectivity index (χ2v) is 11.9. The Bertz CT molecular complexity index is 1910. The van der Waals surface area contributed by atoms with E-state index in [9.17, 15) is 14.7 Å². The smallest absolute Gasteiger partial charge is 0.301 e. The van der Waals surface area contributed by atoms with Crippen molar-refractivity contribution in [3.63, 3.8) is 0 Å². The molecular weight excluding hydrogens is 560 g/mol. The van der Waals surface area contributed by atoms with Crippen molar-refractivity contribution in [2.24, 2.45) is 0 Å². The fourth-order valence-corrected chi connectivity index (χ4v) is 6.77. The van der Waals surface area contributed by atoms with Crippen molar-refractivity contribution in [2.45, 2.75) is 39.0 Å². The maximum absolute atomic E-state index is 13.7. The van der Waals surface area contributed by atoms with Gasteiger partial charge in [-0.05, 0) is 78.6 Å². The van der Waals surface area contributed by atoms with Crippen LogP contribution in [0.15, 0.2) is 96.6 Å². The maximum atomic E-state index is 13.7. The summed E-state index contributed by atoms with van der Waals surface area (Å²) in [5, 5.41) is 12.0. The van der Waals surface area contributed by atoms with Crippen LogP contribution in [0.3, 0.4) is 0 Å². The highest BCUT2D eigenvalue weighted by Gasteiger charge is 2.48. The van der Waals surface area contributed by atoms with Crippen molar-refractivity contribution in [1.29, 1.82) is 0 Å². The van der Waals surface area contributed by atoms with E-state index in [1.54, 1.807) is 12.1 Å². The Morgan fingerprint density at radius 1 is 1.02 bits per heavy atom. The Kier molecular flexibility index (Phi) is 6.70. The average molecular weight is 589 g/mol. The second kappa shape index (κ2) is 10.7. The van der Waals surface area contributed by atoms with Crippen molar-refractivity contribution in [3.05, 3.63) is 124 Å². The summed E-state index contributed by atoms with van der Waals surface area (Å²) >= 11 is 1.34. The number of carbonyl (C=O) groups is 2. The highest BCUT2D eigenvalue weighted by atomic mass is 32.1. The number of fused-ring (bicyclic) bond motifs is 2. The van der Waals surface area contributed by atoms with Crippen LogP contribution >= 0.6 is 11.3 Å². The maximum Gasteiger partial charge on any atom is 0.301 e. The van der Waals surface area contributed by atoms with Crippen LogP contribution in [0.2, 0.25) is 0 Å². The Labute approximate surface area is 252 Å². The minimum absolute atomic E-state index is 0.0188. The van der Waals surface area contributed by atoms with Crippen LogP contribution in [0.25, 0.3) is 16.0 Å². The number of Topliss-reactive ketones (excluding diaryl/α,β-unsaturated/α-hetero) is 1. The number of rotatable bonds is 6. The number of ether oxygens (including phenoxy) is 2. The predicted molar refractivity (Wildman–Crippen MR) is 167 cm³/mol. The molecule has 3 heterocycles. The van der Waals surface area contributed by atoms with E-state index in [-0.39, 0.29) is 17.4 Å². The Balaban J connectivity index is 1.31. The number of nitrogens with zero attached hydrogens (tertiary/aromatic N) is 2. The summed E-state index contributed by atoms with van der Waals surface area (Å²) < 4.78 is 12.7. The fraction of sp³-hybridized carbons (Fsp3) is 0.171. The lowest BCUT2D eigenvalue weighted by atomic mass is 9.94. The van der Waals surface area contributed by atoms with Gasteiger partial charge in [0.1, 0.15) is 30.0 Å². The number of aromatic nitrogens is 1. The van der Waals surface area contributed by atoms with E-state index >= 15 is 0 Å². The third-order valence-corrected chi connectivity index (χ3v) is 8.81. The van der Waals surface area contributed by atoms with Gasteiger partial charge in [0.15, 0.2) is 5.13 Å². The summed E-state index contributed by atoms with van der Waals surface area (Å²) in [6.45, 7) is 4.39. The number of aliphatic hydroxyl groups is 1. The number of amides is 1. The molecule has 2 aliphatic rings. The number of anilines is 1. The molecule has 1 fully saturated rings. The standard InChI is InChI=1S/C35H28N2O5S/c1-20-8-14-27-29(16-20)43-35(36-27)37-31(23-9-12-26(13-10-23)41-19-22-6-4-3-5-7-22)30(33(39)34(37)40)32(38)24-11-15-28-25(18-24)17-21(2)42-28/h3-16,18,21,31,38H,17,19H2,1-2H3/b32-30+. The number of ketones is 1. The molecule has 2 aliphatic heterocycles. The molecule has 7 rings (SSSR count). The number of aryl methyl sites for hydroxylation is 1. The Morgan fingerprint density at radius 2 is 1.81 bits per heavy atom. The molecule has 1 saturated heterocycles. The molecule has 0 spiro atoms. The van der Waals surface area contributed by atoms with Gasteiger partial charge in [-0.15, -0.1) is 0 Å². The molecule has 1 amide bonds. The van der Waals surface area contributed by atoms with E-state index in [4.69, 9.17) is 14.5 Å². The number of hydrogen-bond donors (Lipinski definition) is 1. The molecule has 0 aliphatic carbocycles. The lowest BCUT2D eigenvalue weighted by Gasteiger charge is -2.23. The van der Waals surface area contributed by atoms with Gasteiger partial charge in [-0.25, -0.2) is 4.98 Å². The van der Waals surface area contributed by atoms with Crippen molar-refractivity contribution in [3.8, 4) is 11.5 Å². The Morgan fingerprint density at radius 3 is 2.60 bits per heavy atom.